The van der Waals surface area contributed by atoms with Crippen molar-refractivity contribution in [1.29, 1.82) is 0 Å². The minimum Gasteiger partial charge on any atom is -0.379 e. The van der Waals surface area contributed by atoms with Crippen molar-refractivity contribution in [3.05, 3.63) is 32.7 Å². The summed E-state index contributed by atoms with van der Waals surface area (Å²) in [6.45, 7) is 3.29. The normalized spacial score (nSPS) is 23.7. The molecule has 2 rings (SSSR count). The van der Waals surface area contributed by atoms with E-state index in [1.165, 1.54) is 0 Å². The monoisotopic (exact) mass is 361 g/mol. The molecular weight excluding hydrogens is 350 g/mol. The molecule has 1 heterocycles. The zero-order valence-electron chi connectivity index (χ0n) is 9.43. The van der Waals surface area contributed by atoms with Gasteiger partial charge in [-0.3, -0.25) is 4.79 Å². The highest BCUT2D eigenvalue weighted by Gasteiger charge is 2.31. The lowest BCUT2D eigenvalue weighted by atomic mass is 10.0. The summed E-state index contributed by atoms with van der Waals surface area (Å²) in [5.74, 6) is -0.0694. The van der Waals surface area contributed by atoms with Crippen molar-refractivity contribution >= 4 is 37.8 Å². The second-order valence-electron chi connectivity index (χ2n) is 4.48. The Morgan fingerprint density at radius 2 is 2.00 bits per heavy atom. The molecule has 0 aliphatic carbocycles. The molecule has 1 saturated heterocycles. The van der Waals surface area contributed by atoms with E-state index in [2.05, 4.69) is 37.2 Å². The Labute approximate surface area is 117 Å². The summed E-state index contributed by atoms with van der Waals surface area (Å²) in [5.41, 5.74) is 0.394. The standard InChI is InChI=1S/C12H13Br2NO2/c1-12(2-3-17-7-12)15-11(16)8-4-9(13)6-10(14)5-8/h4-6H,2-3,7H2,1H3,(H,15,16). The molecule has 0 aromatic heterocycles. The van der Waals surface area contributed by atoms with Gasteiger partial charge in [-0.1, -0.05) is 31.9 Å². The fraction of sp³-hybridized carbons (Fsp3) is 0.417. The molecule has 1 aliphatic heterocycles. The van der Waals surface area contributed by atoms with Gasteiger partial charge in [-0.15, -0.1) is 0 Å². The fourth-order valence-electron chi connectivity index (χ4n) is 1.80. The number of rotatable bonds is 2. The van der Waals surface area contributed by atoms with E-state index < -0.39 is 0 Å². The Kier molecular flexibility index (Phi) is 3.90. The van der Waals surface area contributed by atoms with Crippen LogP contribution in [0, 0.1) is 0 Å². The molecule has 0 saturated carbocycles. The third-order valence-corrected chi connectivity index (χ3v) is 3.67. The average molecular weight is 363 g/mol. The van der Waals surface area contributed by atoms with Gasteiger partial charge >= 0.3 is 0 Å². The van der Waals surface area contributed by atoms with Crippen LogP contribution in [0.4, 0.5) is 0 Å². The van der Waals surface area contributed by atoms with E-state index in [-0.39, 0.29) is 11.4 Å². The van der Waals surface area contributed by atoms with Crippen molar-refractivity contribution in [2.24, 2.45) is 0 Å². The Morgan fingerprint density at radius 1 is 1.35 bits per heavy atom. The molecule has 3 nitrogen and oxygen atoms in total. The summed E-state index contributed by atoms with van der Waals surface area (Å²) in [4.78, 5) is 12.1. The fourth-order valence-corrected chi connectivity index (χ4v) is 3.09. The number of amides is 1. The van der Waals surface area contributed by atoms with Crippen molar-refractivity contribution in [3.8, 4) is 0 Å². The Hall–Kier alpha value is -0.390. The molecule has 1 aliphatic rings. The zero-order valence-corrected chi connectivity index (χ0v) is 12.6. The maximum absolute atomic E-state index is 12.1. The maximum Gasteiger partial charge on any atom is 0.251 e. The smallest absolute Gasteiger partial charge is 0.251 e. The van der Waals surface area contributed by atoms with Gasteiger partial charge in [0, 0.05) is 21.1 Å². The number of ether oxygens (including phenoxy) is 1. The molecule has 92 valence electrons. The second-order valence-corrected chi connectivity index (χ2v) is 6.31. The summed E-state index contributed by atoms with van der Waals surface area (Å²) in [5, 5.41) is 3.02. The molecule has 1 N–H and O–H groups in total. The lowest BCUT2D eigenvalue weighted by molar-refractivity contribution is 0.0889. The van der Waals surface area contributed by atoms with Gasteiger partial charge in [-0.25, -0.2) is 0 Å². The lowest BCUT2D eigenvalue weighted by Crippen LogP contribution is -2.46. The van der Waals surface area contributed by atoms with E-state index in [0.717, 1.165) is 15.4 Å². The summed E-state index contributed by atoms with van der Waals surface area (Å²) in [6, 6.07) is 5.51. The van der Waals surface area contributed by atoms with Gasteiger partial charge in [0.05, 0.1) is 12.1 Å². The summed E-state index contributed by atoms with van der Waals surface area (Å²) < 4.78 is 7.07. The SMILES string of the molecule is CC1(NC(=O)c2cc(Br)cc(Br)c2)CCOC1. The number of hydrogen-bond donors (Lipinski definition) is 1. The third-order valence-electron chi connectivity index (χ3n) is 2.76. The minimum atomic E-state index is -0.244. The van der Waals surface area contributed by atoms with Gasteiger partial charge in [0.15, 0.2) is 0 Å². The molecule has 0 bridgehead atoms. The molecule has 1 fully saturated rings. The molecule has 5 heteroatoms. The number of halogens is 2. The average Bonchev–Trinajstić information content (AvgIpc) is 2.63. The van der Waals surface area contributed by atoms with Crippen LogP contribution in [0.2, 0.25) is 0 Å². The summed E-state index contributed by atoms with van der Waals surface area (Å²) in [7, 11) is 0. The van der Waals surface area contributed by atoms with Crippen LogP contribution in [0.15, 0.2) is 27.1 Å². The quantitative estimate of drug-likeness (QED) is 0.877. The van der Waals surface area contributed by atoms with Gasteiger partial charge in [-0.05, 0) is 31.5 Å². The van der Waals surface area contributed by atoms with Crippen LogP contribution in [0.3, 0.4) is 0 Å². The lowest BCUT2D eigenvalue weighted by Gasteiger charge is -2.23. The van der Waals surface area contributed by atoms with E-state index in [1.807, 2.05) is 13.0 Å². The second kappa shape index (κ2) is 5.08. The highest BCUT2D eigenvalue weighted by molar-refractivity contribution is 9.11. The van der Waals surface area contributed by atoms with E-state index in [4.69, 9.17) is 4.74 Å². The molecule has 0 spiro atoms. The zero-order chi connectivity index (χ0) is 12.5. The topological polar surface area (TPSA) is 38.3 Å². The van der Waals surface area contributed by atoms with Gasteiger partial charge < -0.3 is 10.1 Å². The molecule has 1 unspecified atom stereocenters. The third kappa shape index (κ3) is 3.30. The Morgan fingerprint density at radius 3 is 2.53 bits per heavy atom. The predicted octanol–water partition coefficient (Wildman–Crippen LogP) is 3.12. The molecule has 0 radical (unpaired) electrons. The molecule has 1 amide bonds. The van der Waals surface area contributed by atoms with Crippen LogP contribution in [0.1, 0.15) is 23.7 Å². The number of carbonyl (C=O) groups excluding carboxylic acids is 1. The van der Waals surface area contributed by atoms with Crippen LogP contribution >= 0.6 is 31.9 Å². The Bertz CT molecular complexity index is 422. The van der Waals surface area contributed by atoms with Crippen LogP contribution in [0.25, 0.3) is 0 Å². The summed E-state index contributed by atoms with van der Waals surface area (Å²) >= 11 is 6.75. The van der Waals surface area contributed by atoms with Crippen molar-refractivity contribution < 1.29 is 9.53 Å². The first kappa shape index (κ1) is 13.1. The molecule has 1 atom stereocenters. The van der Waals surface area contributed by atoms with Crippen molar-refractivity contribution in [1.82, 2.24) is 5.32 Å². The number of nitrogens with one attached hydrogen (secondary N) is 1. The van der Waals surface area contributed by atoms with Crippen LogP contribution in [0.5, 0.6) is 0 Å². The highest BCUT2D eigenvalue weighted by Crippen LogP contribution is 2.22. The molecule has 17 heavy (non-hydrogen) atoms. The van der Waals surface area contributed by atoms with Crippen molar-refractivity contribution in [3.63, 3.8) is 0 Å². The first-order valence-corrected chi connectivity index (χ1v) is 6.93. The number of carbonyl (C=O) groups is 1. The largest absolute Gasteiger partial charge is 0.379 e. The van der Waals surface area contributed by atoms with Crippen LogP contribution < -0.4 is 5.32 Å². The van der Waals surface area contributed by atoms with Crippen molar-refractivity contribution in [2.75, 3.05) is 13.2 Å². The predicted molar refractivity (Wildman–Crippen MR) is 73.1 cm³/mol. The molecular formula is C12H13Br2NO2. The minimum absolute atomic E-state index is 0.0694. The summed E-state index contributed by atoms with van der Waals surface area (Å²) in [6.07, 6.45) is 0.855. The highest BCUT2D eigenvalue weighted by atomic mass is 79.9. The van der Waals surface area contributed by atoms with Gasteiger partial charge in [0.2, 0.25) is 0 Å². The van der Waals surface area contributed by atoms with E-state index in [9.17, 15) is 4.79 Å². The Balaban J connectivity index is 2.14. The number of hydrogen-bond acceptors (Lipinski definition) is 2. The maximum atomic E-state index is 12.1. The van der Waals surface area contributed by atoms with Gasteiger partial charge in [-0.2, -0.15) is 0 Å². The van der Waals surface area contributed by atoms with Crippen LogP contribution in [-0.4, -0.2) is 24.7 Å². The van der Waals surface area contributed by atoms with Crippen LogP contribution in [-0.2, 0) is 4.74 Å². The first-order valence-electron chi connectivity index (χ1n) is 5.35. The van der Waals surface area contributed by atoms with Crippen molar-refractivity contribution in [2.45, 2.75) is 18.9 Å². The van der Waals surface area contributed by atoms with Gasteiger partial charge in [0.25, 0.3) is 5.91 Å². The first-order chi connectivity index (χ1) is 7.98. The van der Waals surface area contributed by atoms with Gasteiger partial charge in [0.1, 0.15) is 0 Å². The van der Waals surface area contributed by atoms with E-state index in [1.54, 1.807) is 12.1 Å². The van der Waals surface area contributed by atoms with E-state index >= 15 is 0 Å². The molecule has 1 aromatic rings. The number of benzene rings is 1. The van der Waals surface area contributed by atoms with E-state index in [0.29, 0.717) is 18.8 Å². The molecule has 1 aromatic carbocycles.